The van der Waals surface area contributed by atoms with Crippen LogP contribution in [0.1, 0.15) is 25.0 Å². The van der Waals surface area contributed by atoms with Crippen LogP contribution in [0.2, 0.25) is 0 Å². The van der Waals surface area contributed by atoms with E-state index in [4.69, 9.17) is 15.9 Å². The molecule has 0 aromatic heterocycles. The smallest absolute Gasteiger partial charge is 0.416 e. The van der Waals surface area contributed by atoms with Crippen LogP contribution in [0.3, 0.4) is 0 Å². The van der Waals surface area contributed by atoms with E-state index in [9.17, 15) is 13.2 Å². The van der Waals surface area contributed by atoms with Crippen molar-refractivity contribution in [2.75, 3.05) is 20.7 Å². The van der Waals surface area contributed by atoms with Crippen LogP contribution < -0.4 is 10.5 Å². The SMILES string of the molecule is CN(C)C(C)(C)COc1ccc(C(F)(F)F)cc1C(=N)N. The van der Waals surface area contributed by atoms with Gasteiger partial charge in [-0.1, -0.05) is 0 Å². The van der Waals surface area contributed by atoms with E-state index in [1.54, 1.807) is 0 Å². The molecule has 0 atom stereocenters. The highest BCUT2D eigenvalue weighted by Gasteiger charge is 2.31. The molecule has 0 saturated heterocycles. The quantitative estimate of drug-likeness (QED) is 0.649. The molecule has 21 heavy (non-hydrogen) atoms. The molecule has 0 radical (unpaired) electrons. The summed E-state index contributed by atoms with van der Waals surface area (Å²) in [5.41, 5.74) is 4.13. The van der Waals surface area contributed by atoms with Crippen molar-refractivity contribution < 1.29 is 17.9 Å². The predicted molar refractivity (Wildman–Crippen MR) is 75.7 cm³/mol. The Kier molecular flexibility index (Phi) is 4.88. The summed E-state index contributed by atoms with van der Waals surface area (Å²) in [5, 5.41) is 7.42. The summed E-state index contributed by atoms with van der Waals surface area (Å²) in [6.07, 6.45) is -4.48. The Bertz CT molecular complexity index is 525. The molecule has 0 spiro atoms. The standard InChI is InChI=1S/C14H20F3N3O/c1-13(2,20(3)4)8-21-11-6-5-9(14(15,16)17)7-10(11)12(18)19/h5-7H,8H2,1-4H3,(H3,18,19). The van der Waals surface area contributed by atoms with E-state index >= 15 is 0 Å². The number of ether oxygens (including phenoxy) is 1. The molecule has 1 aromatic carbocycles. The van der Waals surface area contributed by atoms with Gasteiger partial charge in [-0.25, -0.2) is 0 Å². The molecule has 1 rings (SSSR count). The Morgan fingerprint density at radius 3 is 2.29 bits per heavy atom. The number of amidine groups is 1. The fourth-order valence-electron chi connectivity index (χ4n) is 1.43. The maximum Gasteiger partial charge on any atom is 0.416 e. The van der Waals surface area contributed by atoms with E-state index in [1.165, 1.54) is 6.07 Å². The average molecular weight is 303 g/mol. The molecule has 0 aliphatic carbocycles. The molecule has 0 heterocycles. The number of benzene rings is 1. The molecule has 3 N–H and O–H groups in total. The van der Waals surface area contributed by atoms with Crippen molar-refractivity contribution in [3.8, 4) is 5.75 Å². The van der Waals surface area contributed by atoms with Crippen molar-refractivity contribution in [2.45, 2.75) is 25.6 Å². The van der Waals surface area contributed by atoms with Crippen LogP contribution in [0, 0.1) is 5.41 Å². The molecule has 0 aliphatic heterocycles. The largest absolute Gasteiger partial charge is 0.491 e. The Morgan fingerprint density at radius 2 is 1.86 bits per heavy atom. The van der Waals surface area contributed by atoms with Gasteiger partial charge in [-0.05, 0) is 46.1 Å². The van der Waals surface area contributed by atoms with Gasteiger partial charge in [0.1, 0.15) is 18.2 Å². The summed E-state index contributed by atoms with van der Waals surface area (Å²) < 4.78 is 43.6. The second-order valence-electron chi connectivity index (χ2n) is 5.62. The van der Waals surface area contributed by atoms with Gasteiger partial charge in [-0.2, -0.15) is 13.2 Å². The third-order valence-corrected chi connectivity index (χ3v) is 3.39. The van der Waals surface area contributed by atoms with Gasteiger partial charge in [0.05, 0.1) is 11.1 Å². The van der Waals surface area contributed by atoms with Crippen molar-refractivity contribution >= 4 is 5.84 Å². The van der Waals surface area contributed by atoms with E-state index in [2.05, 4.69) is 0 Å². The van der Waals surface area contributed by atoms with E-state index < -0.39 is 17.6 Å². The van der Waals surface area contributed by atoms with Crippen molar-refractivity contribution in [2.24, 2.45) is 5.73 Å². The van der Waals surface area contributed by atoms with Gasteiger partial charge in [0, 0.05) is 5.54 Å². The summed E-state index contributed by atoms with van der Waals surface area (Å²) >= 11 is 0. The monoisotopic (exact) mass is 303 g/mol. The molecule has 0 fully saturated rings. The normalized spacial score (nSPS) is 12.6. The zero-order chi connectivity index (χ0) is 16.4. The fraction of sp³-hybridized carbons (Fsp3) is 0.500. The van der Waals surface area contributed by atoms with Crippen LogP contribution in [-0.4, -0.2) is 37.0 Å². The first-order valence-corrected chi connectivity index (χ1v) is 6.31. The zero-order valence-corrected chi connectivity index (χ0v) is 12.5. The first-order chi connectivity index (χ1) is 9.45. The van der Waals surface area contributed by atoms with Crippen LogP contribution in [-0.2, 0) is 6.18 Å². The maximum atomic E-state index is 12.7. The lowest BCUT2D eigenvalue weighted by Crippen LogP contribution is -2.43. The highest BCUT2D eigenvalue weighted by Crippen LogP contribution is 2.32. The second kappa shape index (κ2) is 5.93. The first-order valence-electron chi connectivity index (χ1n) is 6.31. The minimum absolute atomic E-state index is 0.0561. The fourth-order valence-corrected chi connectivity index (χ4v) is 1.43. The van der Waals surface area contributed by atoms with Gasteiger partial charge in [0.2, 0.25) is 0 Å². The van der Waals surface area contributed by atoms with E-state index in [-0.39, 0.29) is 23.5 Å². The number of hydrogen-bond acceptors (Lipinski definition) is 3. The highest BCUT2D eigenvalue weighted by atomic mass is 19.4. The number of hydrogen-bond donors (Lipinski definition) is 2. The molecule has 0 unspecified atom stereocenters. The van der Waals surface area contributed by atoms with Crippen molar-refractivity contribution in [3.63, 3.8) is 0 Å². The number of likely N-dealkylation sites (N-methyl/N-ethyl adjacent to an activating group) is 1. The van der Waals surface area contributed by atoms with Crippen molar-refractivity contribution in [1.82, 2.24) is 4.90 Å². The molecule has 4 nitrogen and oxygen atoms in total. The van der Waals surface area contributed by atoms with Crippen molar-refractivity contribution in [3.05, 3.63) is 29.3 Å². The molecular weight excluding hydrogens is 283 g/mol. The number of nitrogens with two attached hydrogens (primary N) is 1. The van der Waals surface area contributed by atoms with Gasteiger partial charge in [-0.3, -0.25) is 5.41 Å². The lowest BCUT2D eigenvalue weighted by Gasteiger charge is -2.32. The van der Waals surface area contributed by atoms with Crippen LogP contribution in [0.25, 0.3) is 0 Å². The number of nitrogens with zero attached hydrogens (tertiary/aromatic N) is 1. The summed E-state index contributed by atoms with van der Waals surface area (Å²) in [6.45, 7) is 4.13. The molecule has 0 saturated carbocycles. The van der Waals surface area contributed by atoms with E-state index in [0.29, 0.717) is 0 Å². The first kappa shape index (κ1) is 17.3. The third kappa shape index (κ3) is 4.35. The maximum absolute atomic E-state index is 12.7. The molecule has 0 aliphatic rings. The van der Waals surface area contributed by atoms with Gasteiger partial charge in [0.25, 0.3) is 0 Å². The lowest BCUT2D eigenvalue weighted by atomic mass is 10.1. The number of alkyl halides is 3. The topological polar surface area (TPSA) is 62.3 Å². The Hall–Kier alpha value is -1.76. The van der Waals surface area contributed by atoms with Gasteiger partial charge in [0.15, 0.2) is 0 Å². The molecule has 1 aromatic rings. The molecule has 118 valence electrons. The van der Waals surface area contributed by atoms with Gasteiger partial charge < -0.3 is 15.4 Å². The van der Waals surface area contributed by atoms with Crippen molar-refractivity contribution in [1.29, 1.82) is 5.41 Å². The number of halogens is 3. The summed E-state index contributed by atoms with van der Waals surface area (Å²) in [6, 6.07) is 2.95. The van der Waals surface area contributed by atoms with Gasteiger partial charge in [-0.15, -0.1) is 0 Å². The number of nitrogen functional groups attached to an aromatic ring is 1. The minimum atomic E-state index is -4.48. The van der Waals surface area contributed by atoms with Crippen LogP contribution >= 0.6 is 0 Å². The summed E-state index contributed by atoms with van der Waals surface area (Å²) in [7, 11) is 3.75. The van der Waals surface area contributed by atoms with E-state index in [1.807, 2.05) is 32.8 Å². The van der Waals surface area contributed by atoms with Crippen LogP contribution in [0.15, 0.2) is 18.2 Å². The molecule has 0 bridgehead atoms. The minimum Gasteiger partial charge on any atom is -0.491 e. The molecule has 7 heteroatoms. The zero-order valence-electron chi connectivity index (χ0n) is 12.5. The Labute approximate surface area is 122 Å². The Balaban J connectivity index is 3.06. The summed E-state index contributed by atoms with van der Waals surface area (Å²) in [5.74, 6) is -0.288. The molecule has 0 amide bonds. The summed E-state index contributed by atoms with van der Waals surface area (Å²) in [4.78, 5) is 1.94. The third-order valence-electron chi connectivity index (χ3n) is 3.39. The highest BCUT2D eigenvalue weighted by molar-refractivity contribution is 5.97. The van der Waals surface area contributed by atoms with E-state index in [0.717, 1.165) is 12.1 Å². The lowest BCUT2D eigenvalue weighted by molar-refractivity contribution is -0.137. The number of nitrogens with one attached hydrogen (secondary N) is 1. The van der Waals surface area contributed by atoms with Gasteiger partial charge >= 0.3 is 6.18 Å². The Morgan fingerprint density at radius 1 is 1.29 bits per heavy atom. The second-order valence-corrected chi connectivity index (χ2v) is 5.62. The average Bonchev–Trinajstić information content (AvgIpc) is 2.34. The predicted octanol–water partition coefficient (Wildman–Crippen LogP) is 2.71. The number of rotatable bonds is 5. The van der Waals surface area contributed by atoms with Crippen LogP contribution in [0.4, 0.5) is 13.2 Å². The van der Waals surface area contributed by atoms with Crippen LogP contribution in [0.5, 0.6) is 5.75 Å². The molecular formula is C14H20F3N3O.